The molecule has 1 heterocycles. The van der Waals surface area contributed by atoms with Crippen molar-refractivity contribution in [3.8, 4) is 11.8 Å². The third kappa shape index (κ3) is 1.61. The lowest BCUT2D eigenvalue weighted by atomic mass is 9.95. The van der Waals surface area contributed by atoms with Crippen LogP contribution in [0.5, 0.6) is 11.8 Å². The van der Waals surface area contributed by atoms with E-state index in [9.17, 15) is 10.2 Å². The summed E-state index contributed by atoms with van der Waals surface area (Å²) in [7, 11) is 0. The monoisotopic (exact) mass is 227 g/mol. The molecule has 0 spiro atoms. The van der Waals surface area contributed by atoms with Gasteiger partial charge in [-0.15, -0.1) is 0 Å². The van der Waals surface area contributed by atoms with E-state index in [1.165, 1.54) is 0 Å². The summed E-state index contributed by atoms with van der Waals surface area (Å²) in [6.45, 7) is 1.98. The van der Waals surface area contributed by atoms with Gasteiger partial charge in [0.15, 0.2) is 11.8 Å². The normalized spacial score (nSPS) is 17.5. The van der Waals surface area contributed by atoms with Gasteiger partial charge in [0.25, 0.3) is 0 Å². The van der Waals surface area contributed by atoms with Gasteiger partial charge in [0.05, 0.1) is 5.37 Å². The van der Waals surface area contributed by atoms with Crippen LogP contribution >= 0.6 is 12.6 Å². The van der Waals surface area contributed by atoms with Gasteiger partial charge in [0.2, 0.25) is 0 Å². The summed E-state index contributed by atoms with van der Waals surface area (Å²) >= 11 is 4.36. The van der Waals surface area contributed by atoms with Gasteiger partial charge in [0.1, 0.15) is 0 Å². The van der Waals surface area contributed by atoms with Crippen LogP contribution in [0.4, 0.5) is 0 Å². The van der Waals surface area contributed by atoms with E-state index < -0.39 is 0 Å². The Bertz CT molecular complexity index is 344. The van der Waals surface area contributed by atoms with Crippen LogP contribution in [-0.4, -0.2) is 14.8 Å². The van der Waals surface area contributed by atoms with Crippen LogP contribution in [-0.2, 0) is 12.8 Å². The highest BCUT2D eigenvalue weighted by Gasteiger charge is 2.26. The summed E-state index contributed by atoms with van der Waals surface area (Å²) in [6, 6.07) is 0. The third-order valence-electron chi connectivity index (χ3n) is 3.13. The zero-order valence-electron chi connectivity index (χ0n) is 8.90. The predicted octanol–water partition coefficient (Wildman–Crippen LogP) is 2.62. The first-order valence-corrected chi connectivity index (χ1v) is 6.00. The summed E-state index contributed by atoms with van der Waals surface area (Å²) in [5.41, 5.74) is 1.84. The van der Waals surface area contributed by atoms with E-state index in [4.69, 9.17) is 0 Å². The van der Waals surface area contributed by atoms with E-state index in [-0.39, 0.29) is 17.1 Å². The highest BCUT2D eigenvalue weighted by Crippen LogP contribution is 2.42. The fraction of sp³-hybridized carbons (Fsp3) is 0.636. The maximum absolute atomic E-state index is 10.0. The van der Waals surface area contributed by atoms with Crippen LogP contribution in [0.15, 0.2) is 0 Å². The molecule has 1 aliphatic rings. The molecule has 84 valence electrons. The third-order valence-corrected chi connectivity index (χ3v) is 3.72. The van der Waals surface area contributed by atoms with Gasteiger partial charge in [-0.2, -0.15) is 12.6 Å². The molecule has 0 fully saturated rings. The van der Waals surface area contributed by atoms with E-state index in [1.807, 2.05) is 6.92 Å². The SMILES string of the molecule is CCC(S)n1c(O)c2c(c1O)CCCC2. The van der Waals surface area contributed by atoms with Crippen molar-refractivity contribution in [1.82, 2.24) is 4.57 Å². The Morgan fingerprint density at radius 3 is 2.07 bits per heavy atom. The Morgan fingerprint density at radius 2 is 1.67 bits per heavy atom. The lowest BCUT2D eigenvalue weighted by molar-refractivity contribution is 0.361. The van der Waals surface area contributed by atoms with Gasteiger partial charge < -0.3 is 10.2 Å². The minimum absolute atomic E-state index is 0.143. The molecule has 0 saturated carbocycles. The number of aromatic nitrogens is 1. The summed E-state index contributed by atoms with van der Waals surface area (Å²) in [4.78, 5) is 0. The van der Waals surface area contributed by atoms with Crippen LogP contribution in [0.25, 0.3) is 0 Å². The van der Waals surface area contributed by atoms with Crippen molar-refractivity contribution in [3.05, 3.63) is 11.1 Å². The number of nitrogens with zero attached hydrogens (tertiary/aromatic N) is 1. The molecule has 1 aliphatic carbocycles. The molecule has 2 N–H and O–H groups in total. The van der Waals surface area contributed by atoms with Crippen molar-refractivity contribution in [1.29, 1.82) is 0 Å². The van der Waals surface area contributed by atoms with Crippen molar-refractivity contribution in [3.63, 3.8) is 0 Å². The minimum atomic E-state index is -0.143. The molecule has 4 heteroatoms. The second-order valence-corrected chi connectivity index (χ2v) is 4.67. The quantitative estimate of drug-likeness (QED) is 0.680. The molecule has 2 rings (SSSR count). The summed E-state index contributed by atoms with van der Waals surface area (Å²) in [5, 5.41) is 19.9. The van der Waals surface area contributed by atoms with E-state index >= 15 is 0 Å². The number of hydrogen-bond donors (Lipinski definition) is 3. The highest BCUT2D eigenvalue weighted by atomic mass is 32.1. The number of thiol groups is 1. The molecule has 3 nitrogen and oxygen atoms in total. The van der Waals surface area contributed by atoms with Crippen molar-refractivity contribution >= 4 is 12.6 Å². The highest BCUT2D eigenvalue weighted by molar-refractivity contribution is 7.80. The Morgan fingerprint density at radius 1 is 1.20 bits per heavy atom. The Hall–Kier alpha value is -0.770. The predicted molar refractivity (Wildman–Crippen MR) is 62.7 cm³/mol. The van der Waals surface area contributed by atoms with E-state index in [2.05, 4.69) is 12.6 Å². The zero-order chi connectivity index (χ0) is 11.0. The molecule has 0 saturated heterocycles. The smallest absolute Gasteiger partial charge is 0.198 e. The Labute approximate surface area is 95.1 Å². The molecule has 15 heavy (non-hydrogen) atoms. The first-order chi connectivity index (χ1) is 7.16. The number of hydrogen-bond acceptors (Lipinski definition) is 3. The minimum Gasteiger partial charge on any atom is -0.494 e. The molecular formula is C11H17NO2S. The molecule has 1 aromatic heterocycles. The zero-order valence-corrected chi connectivity index (χ0v) is 9.80. The van der Waals surface area contributed by atoms with E-state index in [0.29, 0.717) is 0 Å². The average Bonchev–Trinajstić information content (AvgIpc) is 2.52. The van der Waals surface area contributed by atoms with Gasteiger partial charge in [-0.1, -0.05) is 6.92 Å². The van der Waals surface area contributed by atoms with Crippen LogP contribution < -0.4 is 0 Å². The lowest BCUT2D eigenvalue weighted by Crippen LogP contribution is -2.00. The second-order valence-electron chi connectivity index (χ2n) is 4.07. The Balaban J connectivity index is 2.51. The summed E-state index contributed by atoms with van der Waals surface area (Å²) < 4.78 is 1.54. The fourth-order valence-electron chi connectivity index (χ4n) is 2.25. The van der Waals surface area contributed by atoms with E-state index in [0.717, 1.165) is 43.2 Å². The van der Waals surface area contributed by atoms with Gasteiger partial charge in [0, 0.05) is 11.1 Å². The molecule has 0 bridgehead atoms. The first kappa shape index (κ1) is 10.7. The average molecular weight is 227 g/mol. The molecule has 1 atom stereocenters. The van der Waals surface area contributed by atoms with Crippen molar-refractivity contribution in [2.24, 2.45) is 0 Å². The molecule has 0 radical (unpaired) electrons. The maximum Gasteiger partial charge on any atom is 0.198 e. The number of rotatable bonds is 2. The summed E-state index contributed by atoms with van der Waals surface area (Å²) in [5.74, 6) is 0.424. The van der Waals surface area contributed by atoms with Crippen LogP contribution in [0.1, 0.15) is 42.7 Å². The van der Waals surface area contributed by atoms with Gasteiger partial charge in [-0.05, 0) is 32.1 Å². The maximum atomic E-state index is 10.0. The largest absolute Gasteiger partial charge is 0.494 e. The fourth-order valence-corrected chi connectivity index (χ4v) is 2.47. The standard InChI is InChI=1S/C11H17NO2S/c1-2-9(15)12-10(13)7-5-3-4-6-8(7)11(12)14/h9,13-15H,2-6H2,1H3. The molecular weight excluding hydrogens is 210 g/mol. The van der Waals surface area contributed by atoms with Crippen molar-refractivity contribution in [2.75, 3.05) is 0 Å². The summed E-state index contributed by atoms with van der Waals surface area (Å²) in [6.07, 6.45) is 4.69. The second kappa shape index (κ2) is 4.00. The van der Waals surface area contributed by atoms with Crippen molar-refractivity contribution < 1.29 is 10.2 Å². The first-order valence-electron chi connectivity index (χ1n) is 5.48. The lowest BCUT2D eigenvalue weighted by Gasteiger charge is -2.12. The van der Waals surface area contributed by atoms with Crippen LogP contribution in [0.2, 0.25) is 0 Å². The van der Waals surface area contributed by atoms with Gasteiger partial charge in [-0.3, -0.25) is 4.57 Å². The molecule has 1 unspecified atom stereocenters. The van der Waals surface area contributed by atoms with E-state index in [1.54, 1.807) is 4.57 Å². The molecule has 0 amide bonds. The van der Waals surface area contributed by atoms with Crippen LogP contribution in [0, 0.1) is 0 Å². The van der Waals surface area contributed by atoms with Gasteiger partial charge in [-0.25, -0.2) is 0 Å². The Kier molecular flexibility index (Phi) is 2.87. The number of aromatic hydroxyl groups is 2. The number of fused-ring (bicyclic) bond motifs is 1. The van der Waals surface area contributed by atoms with Crippen LogP contribution in [0.3, 0.4) is 0 Å². The van der Waals surface area contributed by atoms with Crippen molar-refractivity contribution in [2.45, 2.75) is 44.4 Å². The molecule has 0 aromatic carbocycles. The molecule has 0 aliphatic heterocycles. The molecule has 1 aromatic rings. The topological polar surface area (TPSA) is 45.4 Å². The van der Waals surface area contributed by atoms with Gasteiger partial charge >= 0.3 is 0 Å².